The lowest BCUT2D eigenvalue weighted by molar-refractivity contribution is 0.157. The highest BCUT2D eigenvalue weighted by molar-refractivity contribution is 9.10. The molecule has 0 aliphatic carbocycles. The van der Waals surface area contributed by atoms with Crippen LogP contribution in [0, 0.1) is 5.92 Å². The molecule has 1 aliphatic heterocycles. The Bertz CT molecular complexity index is 914. The second-order valence-corrected chi connectivity index (χ2v) is 8.97. The second kappa shape index (κ2) is 7.29. The summed E-state index contributed by atoms with van der Waals surface area (Å²) in [5, 5.41) is 15.4. The van der Waals surface area contributed by atoms with Crippen molar-refractivity contribution in [1.82, 2.24) is 19.5 Å². The van der Waals surface area contributed by atoms with Gasteiger partial charge in [0.25, 0.3) is 0 Å². The molecule has 0 bridgehead atoms. The van der Waals surface area contributed by atoms with Crippen molar-refractivity contribution in [3.63, 3.8) is 0 Å². The molecule has 5 nitrogen and oxygen atoms in total. The average Bonchev–Trinajstić information content (AvgIpc) is 3.17. The van der Waals surface area contributed by atoms with Crippen LogP contribution in [0.5, 0.6) is 5.88 Å². The van der Waals surface area contributed by atoms with E-state index in [9.17, 15) is 5.11 Å². The molecule has 26 heavy (non-hydrogen) atoms. The number of benzene rings is 1. The van der Waals surface area contributed by atoms with Crippen molar-refractivity contribution in [3.05, 3.63) is 45.0 Å². The molecule has 0 radical (unpaired) electrons. The van der Waals surface area contributed by atoms with Crippen molar-refractivity contribution in [2.75, 3.05) is 13.1 Å². The van der Waals surface area contributed by atoms with E-state index in [-0.39, 0.29) is 11.9 Å². The van der Waals surface area contributed by atoms with Gasteiger partial charge in [0.2, 0.25) is 10.8 Å². The highest BCUT2D eigenvalue weighted by Gasteiger charge is 2.31. The number of halogens is 1. The van der Waals surface area contributed by atoms with E-state index in [4.69, 9.17) is 0 Å². The van der Waals surface area contributed by atoms with Gasteiger partial charge in [0.1, 0.15) is 0 Å². The first-order valence-corrected chi connectivity index (χ1v) is 10.7. The number of nitrogens with zero attached hydrogens (tertiary/aromatic N) is 4. The number of hydrogen-bond donors (Lipinski definition) is 1. The summed E-state index contributed by atoms with van der Waals surface area (Å²) in [6.45, 7) is 6.41. The van der Waals surface area contributed by atoms with Crippen LogP contribution < -0.4 is 0 Å². The quantitative estimate of drug-likeness (QED) is 0.649. The van der Waals surface area contributed by atoms with Crippen molar-refractivity contribution < 1.29 is 5.11 Å². The molecule has 1 aromatic carbocycles. The number of rotatable bonds is 4. The summed E-state index contributed by atoms with van der Waals surface area (Å²) < 4.78 is 2.65. The lowest BCUT2D eigenvalue weighted by atomic mass is 9.95. The summed E-state index contributed by atoms with van der Waals surface area (Å²) in [7, 11) is 0. The number of fused-ring (bicyclic) bond motifs is 1. The summed E-state index contributed by atoms with van der Waals surface area (Å²) in [4.78, 5) is 8.72. The highest BCUT2D eigenvalue weighted by atomic mass is 79.9. The molecule has 3 aromatic rings. The topological polar surface area (TPSA) is 53.7 Å². The van der Waals surface area contributed by atoms with Crippen molar-refractivity contribution >= 4 is 32.2 Å². The minimum atomic E-state index is 0.0265. The number of thiazole rings is 1. The Kier molecular flexibility index (Phi) is 5.03. The monoisotopic (exact) mass is 434 g/mol. The number of aromatic nitrogens is 3. The van der Waals surface area contributed by atoms with Gasteiger partial charge in [-0.2, -0.15) is 4.52 Å². The van der Waals surface area contributed by atoms with Crippen LogP contribution in [0.1, 0.15) is 49.0 Å². The van der Waals surface area contributed by atoms with E-state index in [1.54, 1.807) is 15.9 Å². The van der Waals surface area contributed by atoms with Gasteiger partial charge in [-0.1, -0.05) is 53.2 Å². The van der Waals surface area contributed by atoms with Crippen LogP contribution >= 0.6 is 27.3 Å². The van der Waals surface area contributed by atoms with Gasteiger partial charge >= 0.3 is 0 Å². The third kappa shape index (κ3) is 3.28. The molecule has 1 aliphatic rings. The van der Waals surface area contributed by atoms with Crippen LogP contribution in [0.2, 0.25) is 0 Å². The van der Waals surface area contributed by atoms with E-state index in [1.165, 1.54) is 18.4 Å². The molecule has 0 unspecified atom stereocenters. The Labute approximate surface area is 165 Å². The van der Waals surface area contributed by atoms with E-state index in [0.29, 0.717) is 0 Å². The largest absolute Gasteiger partial charge is 0.492 e. The minimum absolute atomic E-state index is 0.0265. The number of likely N-dealkylation sites (tertiary alicyclic amines) is 1. The fourth-order valence-electron chi connectivity index (χ4n) is 3.61. The maximum Gasteiger partial charge on any atom is 0.230 e. The molecule has 1 atom stereocenters. The molecule has 1 N–H and O–H groups in total. The lowest BCUT2D eigenvalue weighted by Gasteiger charge is -2.36. The Morgan fingerprint density at radius 1 is 1.35 bits per heavy atom. The molecule has 1 saturated heterocycles. The first-order chi connectivity index (χ1) is 12.6. The zero-order valence-electron chi connectivity index (χ0n) is 15.0. The Morgan fingerprint density at radius 2 is 2.12 bits per heavy atom. The Hall–Kier alpha value is -1.44. The number of aromatic hydroxyl groups is 1. The van der Waals surface area contributed by atoms with Crippen molar-refractivity contribution in [2.45, 2.75) is 39.2 Å². The first-order valence-electron chi connectivity index (χ1n) is 9.13. The maximum atomic E-state index is 10.9. The number of aryl methyl sites for hydroxylation is 1. The third-order valence-corrected chi connectivity index (χ3v) is 6.72. The lowest BCUT2D eigenvalue weighted by Crippen LogP contribution is -2.36. The Morgan fingerprint density at radius 3 is 2.77 bits per heavy atom. The maximum absolute atomic E-state index is 10.9. The smallest absolute Gasteiger partial charge is 0.230 e. The predicted molar refractivity (Wildman–Crippen MR) is 108 cm³/mol. The summed E-state index contributed by atoms with van der Waals surface area (Å²) in [5.41, 5.74) is 1.18. The van der Waals surface area contributed by atoms with Crippen LogP contribution in [0.15, 0.2) is 28.7 Å². The molecule has 0 spiro atoms. The van der Waals surface area contributed by atoms with Crippen molar-refractivity contribution in [1.29, 1.82) is 0 Å². The molecule has 2 aromatic heterocycles. The van der Waals surface area contributed by atoms with Gasteiger partial charge in [-0.15, -0.1) is 5.10 Å². The van der Waals surface area contributed by atoms with Crippen LogP contribution in [0.25, 0.3) is 4.96 Å². The van der Waals surface area contributed by atoms with Gasteiger partial charge in [-0.3, -0.25) is 4.90 Å². The average molecular weight is 435 g/mol. The second-order valence-electron chi connectivity index (χ2n) is 7.04. The Balaban J connectivity index is 1.79. The third-order valence-electron chi connectivity index (χ3n) is 5.16. The van der Waals surface area contributed by atoms with Gasteiger partial charge < -0.3 is 5.11 Å². The van der Waals surface area contributed by atoms with Gasteiger partial charge in [0.15, 0.2) is 5.82 Å². The molecule has 4 rings (SSSR count). The van der Waals surface area contributed by atoms with Crippen LogP contribution in [0.3, 0.4) is 0 Å². The molecule has 0 saturated carbocycles. The van der Waals surface area contributed by atoms with Crippen LogP contribution in [-0.4, -0.2) is 37.7 Å². The fraction of sp³-hybridized carbons (Fsp3) is 0.474. The minimum Gasteiger partial charge on any atom is -0.492 e. The van der Waals surface area contributed by atoms with E-state index in [2.05, 4.69) is 56.0 Å². The van der Waals surface area contributed by atoms with E-state index in [1.807, 2.05) is 13.0 Å². The van der Waals surface area contributed by atoms with E-state index >= 15 is 0 Å². The molecule has 0 amide bonds. The SMILES string of the molecule is CCc1nc2sc([C@@H](c3cccc(Br)c3)N3CCC(C)CC3)c(O)n2n1. The van der Waals surface area contributed by atoms with Gasteiger partial charge in [-0.25, -0.2) is 4.98 Å². The van der Waals surface area contributed by atoms with Gasteiger partial charge in [0, 0.05) is 10.9 Å². The molecular weight excluding hydrogens is 412 g/mol. The van der Waals surface area contributed by atoms with Crippen LogP contribution in [-0.2, 0) is 6.42 Å². The number of piperidine rings is 1. The summed E-state index contributed by atoms with van der Waals surface area (Å²) >= 11 is 5.14. The summed E-state index contributed by atoms with van der Waals surface area (Å²) in [6, 6.07) is 8.41. The fourth-order valence-corrected chi connectivity index (χ4v) is 5.16. The van der Waals surface area contributed by atoms with Crippen molar-refractivity contribution in [3.8, 4) is 5.88 Å². The first kappa shape index (κ1) is 17.9. The molecular formula is C19H23BrN4OS. The standard InChI is InChI=1S/C19H23BrN4OS/c1-3-15-21-19-24(22-15)18(25)17(26-19)16(13-5-4-6-14(20)11-13)23-9-7-12(2)8-10-23/h4-6,11-12,16,25H,3,7-10H2,1-2H3/t16-/m1/s1. The van der Waals surface area contributed by atoms with E-state index < -0.39 is 0 Å². The highest BCUT2D eigenvalue weighted by Crippen LogP contribution is 2.41. The molecule has 7 heteroatoms. The number of hydrogen-bond acceptors (Lipinski definition) is 5. The zero-order valence-corrected chi connectivity index (χ0v) is 17.4. The predicted octanol–water partition coefficient (Wildman–Crippen LogP) is 4.64. The normalized spacial score (nSPS) is 17.8. The van der Waals surface area contributed by atoms with Gasteiger partial charge in [-0.05, 0) is 49.5 Å². The van der Waals surface area contributed by atoms with E-state index in [0.717, 1.165) is 45.6 Å². The summed E-state index contributed by atoms with van der Waals surface area (Å²) in [5.74, 6) is 1.75. The van der Waals surface area contributed by atoms with Gasteiger partial charge in [0.05, 0.1) is 10.9 Å². The zero-order chi connectivity index (χ0) is 18.3. The summed E-state index contributed by atoms with van der Waals surface area (Å²) in [6.07, 6.45) is 3.14. The molecule has 138 valence electrons. The molecule has 1 fully saturated rings. The van der Waals surface area contributed by atoms with Crippen molar-refractivity contribution in [2.24, 2.45) is 5.92 Å². The molecule has 3 heterocycles. The van der Waals surface area contributed by atoms with Crippen LogP contribution in [0.4, 0.5) is 0 Å².